The standard InChI is InChI=1S/C12H19BrN2/c1-4-7-15(3)12-6-5-11(13)8-10(12)9-14-2/h5-6,8,14H,4,7,9H2,1-3H3. The monoisotopic (exact) mass is 270 g/mol. The van der Waals surface area contributed by atoms with Gasteiger partial charge in [0, 0.05) is 30.3 Å². The molecule has 0 heterocycles. The molecule has 0 aliphatic rings. The van der Waals surface area contributed by atoms with Crippen molar-refractivity contribution in [3.05, 3.63) is 28.2 Å². The van der Waals surface area contributed by atoms with Crippen molar-refractivity contribution in [1.82, 2.24) is 5.32 Å². The number of hydrogen-bond acceptors (Lipinski definition) is 2. The van der Waals surface area contributed by atoms with Gasteiger partial charge in [-0.05, 0) is 37.2 Å². The van der Waals surface area contributed by atoms with Gasteiger partial charge < -0.3 is 10.2 Å². The van der Waals surface area contributed by atoms with Crippen LogP contribution in [-0.4, -0.2) is 20.6 Å². The third-order valence-electron chi connectivity index (χ3n) is 2.38. The van der Waals surface area contributed by atoms with E-state index < -0.39 is 0 Å². The van der Waals surface area contributed by atoms with Crippen LogP contribution in [0.5, 0.6) is 0 Å². The normalized spacial score (nSPS) is 10.4. The molecule has 0 unspecified atom stereocenters. The Bertz CT molecular complexity index is 312. The SMILES string of the molecule is CCCN(C)c1ccc(Br)cc1CNC. The highest BCUT2D eigenvalue weighted by atomic mass is 79.9. The number of rotatable bonds is 5. The van der Waals surface area contributed by atoms with Crippen LogP contribution in [0.25, 0.3) is 0 Å². The first-order valence-electron chi connectivity index (χ1n) is 5.33. The average molecular weight is 271 g/mol. The maximum absolute atomic E-state index is 3.51. The van der Waals surface area contributed by atoms with Gasteiger partial charge in [-0.2, -0.15) is 0 Å². The Labute approximate surface area is 101 Å². The number of hydrogen-bond donors (Lipinski definition) is 1. The quantitative estimate of drug-likeness (QED) is 0.885. The largest absolute Gasteiger partial charge is 0.374 e. The van der Waals surface area contributed by atoms with Crippen molar-refractivity contribution < 1.29 is 0 Å². The summed E-state index contributed by atoms with van der Waals surface area (Å²) in [6, 6.07) is 6.45. The zero-order chi connectivity index (χ0) is 11.3. The van der Waals surface area contributed by atoms with Gasteiger partial charge in [0.25, 0.3) is 0 Å². The maximum atomic E-state index is 3.51. The van der Waals surface area contributed by atoms with Crippen molar-refractivity contribution in [2.75, 3.05) is 25.5 Å². The van der Waals surface area contributed by atoms with E-state index in [4.69, 9.17) is 0 Å². The summed E-state index contributed by atoms with van der Waals surface area (Å²) in [6.45, 7) is 4.20. The molecule has 1 N–H and O–H groups in total. The first kappa shape index (κ1) is 12.5. The van der Waals surface area contributed by atoms with Crippen LogP contribution >= 0.6 is 15.9 Å². The van der Waals surface area contributed by atoms with Gasteiger partial charge in [-0.1, -0.05) is 22.9 Å². The molecular weight excluding hydrogens is 252 g/mol. The van der Waals surface area contributed by atoms with Gasteiger partial charge in [-0.3, -0.25) is 0 Å². The van der Waals surface area contributed by atoms with Gasteiger partial charge in [0.05, 0.1) is 0 Å². The lowest BCUT2D eigenvalue weighted by Crippen LogP contribution is -2.20. The number of halogens is 1. The summed E-state index contributed by atoms with van der Waals surface area (Å²) in [5, 5.41) is 3.20. The molecule has 3 heteroatoms. The zero-order valence-corrected chi connectivity index (χ0v) is 11.3. The van der Waals surface area contributed by atoms with E-state index in [9.17, 15) is 0 Å². The molecule has 1 aromatic rings. The third kappa shape index (κ3) is 3.50. The van der Waals surface area contributed by atoms with Gasteiger partial charge in [0.2, 0.25) is 0 Å². The molecule has 0 atom stereocenters. The van der Waals surface area contributed by atoms with Crippen LogP contribution in [-0.2, 0) is 6.54 Å². The Morgan fingerprint density at radius 1 is 1.40 bits per heavy atom. The van der Waals surface area contributed by atoms with E-state index in [2.05, 4.69) is 58.3 Å². The lowest BCUT2D eigenvalue weighted by atomic mass is 10.1. The highest BCUT2D eigenvalue weighted by molar-refractivity contribution is 9.10. The fourth-order valence-corrected chi connectivity index (χ4v) is 2.12. The molecule has 0 radical (unpaired) electrons. The molecule has 84 valence electrons. The highest BCUT2D eigenvalue weighted by Gasteiger charge is 2.06. The predicted octanol–water partition coefficient (Wildman–Crippen LogP) is 3.01. The van der Waals surface area contributed by atoms with Gasteiger partial charge in [-0.15, -0.1) is 0 Å². The van der Waals surface area contributed by atoms with Gasteiger partial charge >= 0.3 is 0 Å². The topological polar surface area (TPSA) is 15.3 Å². The summed E-state index contributed by atoms with van der Waals surface area (Å²) in [4.78, 5) is 2.30. The summed E-state index contributed by atoms with van der Waals surface area (Å²) in [6.07, 6.45) is 1.17. The molecule has 15 heavy (non-hydrogen) atoms. The Balaban J connectivity index is 2.93. The molecule has 0 saturated heterocycles. The Morgan fingerprint density at radius 3 is 2.73 bits per heavy atom. The van der Waals surface area contributed by atoms with E-state index in [1.165, 1.54) is 17.7 Å². The van der Waals surface area contributed by atoms with E-state index in [0.717, 1.165) is 17.6 Å². The van der Waals surface area contributed by atoms with Gasteiger partial charge in [0.1, 0.15) is 0 Å². The van der Waals surface area contributed by atoms with Crippen molar-refractivity contribution in [2.24, 2.45) is 0 Å². The van der Waals surface area contributed by atoms with Crippen LogP contribution in [0.4, 0.5) is 5.69 Å². The second-order valence-corrected chi connectivity index (χ2v) is 4.64. The van der Waals surface area contributed by atoms with Crippen LogP contribution in [0, 0.1) is 0 Å². The van der Waals surface area contributed by atoms with E-state index >= 15 is 0 Å². The van der Waals surface area contributed by atoms with Gasteiger partial charge in [-0.25, -0.2) is 0 Å². The van der Waals surface area contributed by atoms with Crippen LogP contribution in [0.15, 0.2) is 22.7 Å². The minimum absolute atomic E-state index is 0.906. The van der Waals surface area contributed by atoms with Crippen molar-refractivity contribution in [2.45, 2.75) is 19.9 Å². The minimum atomic E-state index is 0.906. The highest BCUT2D eigenvalue weighted by Crippen LogP contribution is 2.23. The molecule has 0 saturated carbocycles. The average Bonchev–Trinajstić information content (AvgIpc) is 2.18. The summed E-state index contributed by atoms with van der Waals surface area (Å²) >= 11 is 3.51. The molecule has 0 aromatic heterocycles. The number of benzene rings is 1. The zero-order valence-electron chi connectivity index (χ0n) is 9.68. The predicted molar refractivity (Wildman–Crippen MR) is 70.5 cm³/mol. The third-order valence-corrected chi connectivity index (χ3v) is 2.87. The van der Waals surface area contributed by atoms with Crippen molar-refractivity contribution >= 4 is 21.6 Å². The van der Waals surface area contributed by atoms with Crippen LogP contribution in [0.3, 0.4) is 0 Å². The van der Waals surface area contributed by atoms with Crippen LogP contribution in [0.2, 0.25) is 0 Å². The second kappa shape index (κ2) is 6.13. The second-order valence-electron chi connectivity index (χ2n) is 3.72. The van der Waals surface area contributed by atoms with E-state index in [1.807, 2.05) is 7.05 Å². The first-order chi connectivity index (χ1) is 7.19. The Kier molecular flexibility index (Phi) is 5.12. The molecule has 0 aliphatic heterocycles. The fourth-order valence-electron chi connectivity index (χ4n) is 1.71. The Morgan fingerprint density at radius 2 is 2.13 bits per heavy atom. The van der Waals surface area contributed by atoms with Crippen molar-refractivity contribution in [1.29, 1.82) is 0 Å². The molecule has 0 fully saturated rings. The van der Waals surface area contributed by atoms with Crippen molar-refractivity contribution in [3.63, 3.8) is 0 Å². The molecule has 1 rings (SSSR count). The minimum Gasteiger partial charge on any atom is -0.374 e. The Hall–Kier alpha value is -0.540. The number of nitrogens with one attached hydrogen (secondary N) is 1. The lowest BCUT2D eigenvalue weighted by molar-refractivity contribution is 0.796. The number of anilines is 1. The van der Waals surface area contributed by atoms with Gasteiger partial charge in [0.15, 0.2) is 0 Å². The van der Waals surface area contributed by atoms with E-state index in [-0.39, 0.29) is 0 Å². The molecule has 0 aliphatic carbocycles. The maximum Gasteiger partial charge on any atom is 0.0410 e. The smallest absolute Gasteiger partial charge is 0.0410 e. The lowest BCUT2D eigenvalue weighted by Gasteiger charge is -2.22. The van der Waals surface area contributed by atoms with E-state index in [0.29, 0.717) is 0 Å². The molecule has 0 spiro atoms. The molecule has 0 bridgehead atoms. The molecule has 0 amide bonds. The van der Waals surface area contributed by atoms with Crippen LogP contribution < -0.4 is 10.2 Å². The fraction of sp³-hybridized carbons (Fsp3) is 0.500. The first-order valence-corrected chi connectivity index (χ1v) is 6.12. The van der Waals surface area contributed by atoms with E-state index in [1.54, 1.807) is 0 Å². The van der Waals surface area contributed by atoms with Crippen LogP contribution in [0.1, 0.15) is 18.9 Å². The summed E-state index contributed by atoms with van der Waals surface area (Å²) in [5.74, 6) is 0. The summed E-state index contributed by atoms with van der Waals surface area (Å²) in [7, 11) is 4.12. The van der Waals surface area contributed by atoms with Crippen molar-refractivity contribution in [3.8, 4) is 0 Å². The molecule has 2 nitrogen and oxygen atoms in total. The summed E-state index contributed by atoms with van der Waals surface area (Å²) < 4.78 is 1.14. The number of nitrogens with zero attached hydrogens (tertiary/aromatic N) is 1. The summed E-state index contributed by atoms with van der Waals surface area (Å²) in [5.41, 5.74) is 2.65. The molecular formula is C12H19BrN2. The molecule has 1 aromatic carbocycles.